The first-order valence-corrected chi connectivity index (χ1v) is 4.28. The summed E-state index contributed by atoms with van der Waals surface area (Å²) in [6.07, 6.45) is 2.35. The van der Waals surface area contributed by atoms with Crippen molar-refractivity contribution < 1.29 is 14.3 Å². The molecular formula is C8H11BN2O3. The molecule has 0 bridgehead atoms. The number of aliphatic hydroxyl groups is 1. The summed E-state index contributed by atoms with van der Waals surface area (Å²) in [6.45, 7) is 1.81. The summed E-state index contributed by atoms with van der Waals surface area (Å²) in [5.74, 6) is -0.506. The largest absolute Gasteiger partial charge is 0.446 e. The summed E-state index contributed by atoms with van der Waals surface area (Å²) in [7, 11) is 4.95. The number of rotatable bonds is 4. The third kappa shape index (κ3) is 2.60. The highest BCUT2D eigenvalue weighted by Gasteiger charge is 2.23. The van der Waals surface area contributed by atoms with Gasteiger partial charge in [0.15, 0.2) is 5.81 Å². The zero-order valence-corrected chi connectivity index (χ0v) is 7.80. The molecule has 0 fully saturated rings. The first-order chi connectivity index (χ1) is 6.65. The van der Waals surface area contributed by atoms with Crippen LogP contribution in [0.1, 0.15) is 25.3 Å². The fraction of sp³-hybridized carbons (Fsp3) is 0.500. The molecule has 2 unspecified atom stereocenters. The van der Waals surface area contributed by atoms with Crippen molar-refractivity contribution in [2.24, 2.45) is 0 Å². The number of aromatic nitrogens is 1. The van der Waals surface area contributed by atoms with E-state index in [1.165, 1.54) is 12.5 Å². The number of nitrogens with zero attached hydrogens (tertiary/aromatic N) is 1. The van der Waals surface area contributed by atoms with Gasteiger partial charge in [-0.25, -0.2) is 4.98 Å². The zero-order valence-electron chi connectivity index (χ0n) is 7.80. The molecule has 2 radical (unpaired) electrons. The second kappa shape index (κ2) is 4.81. The smallest absolute Gasteiger partial charge is 0.224 e. The van der Waals surface area contributed by atoms with E-state index in [0.717, 1.165) is 0 Å². The van der Waals surface area contributed by atoms with Gasteiger partial charge in [-0.2, -0.15) is 0 Å². The van der Waals surface area contributed by atoms with Gasteiger partial charge in [-0.1, -0.05) is 6.92 Å². The SMILES string of the molecule is [B]C(=O)NC(CC)C(O)c1ncco1. The van der Waals surface area contributed by atoms with Crippen molar-refractivity contribution in [3.63, 3.8) is 0 Å². The van der Waals surface area contributed by atoms with E-state index in [-0.39, 0.29) is 5.89 Å². The fourth-order valence-electron chi connectivity index (χ4n) is 1.14. The van der Waals surface area contributed by atoms with Crippen LogP contribution < -0.4 is 5.32 Å². The second-order valence-electron chi connectivity index (χ2n) is 2.84. The van der Waals surface area contributed by atoms with Gasteiger partial charge in [0, 0.05) is 0 Å². The normalized spacial score (nSPS) is 14.7. The van der Waals surface area contributed by atoms with Gasteiger partial charge in [0.05, 0.1) is 12.2 Å². The fourth-order valence-corrected chi connectivity index (χ4v) is 1.14. The molecule has 0 saturated carbocycles. The summed E-state index contributed by atoms with van der Waals surface area (Å²) < 4.78 is 4.91. The van der Waals surface area contributed by atoms with Gasteiger partial charge in [-0.05, 0) is 6.42 Å². The van der Waals surface area contributed by atoms with Crippen LogP contribution in [0.25, 0.3) is 0 Å². The number of aliphatic hydroxyl groups excluding tert-OH is 1. The van der Waals surface area contributed by atoms with Crippen LogP contribution in [0, 0.1) is 0 Å². The Kier molecular flexibility index (Phi) is 3.70. The third-order valence-electron chi connectivity index (χ3n) is 1.85. The topological polar surface area (TPSA) is 75.4 Å². The second-order valence-corrected chi connectivity index (χ2v) is 2.84. The molecule has 0 saturated heterocycles. The lowest BCUT2D eigenvalue weighted by Crippen LogP contribution is -2.38. The summed E-state index contributed by atoms with van der Waals surface area (Å²) >= 11 is 0. The van der Waals surface area contributed by atoms with Crippen molar-refractivity contribution in [3.8, 4) is 0 Å². The number of carbonyl (C=O) groups excluding carboxylic acids is 1. The van der Waals surface area contributed by atoms with Crippen LogP contribution in [0.3, 0.4) is 0 Å². The van der Waals surface area contributed by atoms with E-state index < -0.39 is 18.0 Å². The number of amides is 1. The quantitative estimate of drug-likeness (QED) is 0.678. The molecule has 1 aromatic rings. The number of carbonyl (C=O) groups is 1. The first-order valence-electron chi connectivity index (χ1n) is 4.28. The van der Waals surface area contributed by atoms with Gasteiger partial charge in [0.1, 0.15) is 12.4 Å². The van der Waals surface area contributed by atoms with Crippen LogP contribution in [0.5, 0.6) is 0 Å². The molecule has 14 heavy (non-hydrogen) atoms. The van der Waals surface area contributed by atoms with E-state index in [4.69, 9.17) is 12.3 Å². The van der Waals surface area contributed by atoms with Crippen LogP contribution >= 0.6 is 0 Å². The standard InChI is InChI=1S/C8H11BN2O3/c1-2-5(11-8(9)13)6(12)7-10-3-4-14-7/h3-6,12H,2H2,1H3,(H,11,13). The van der Waals surface area contributed by atoms with Gasteiger partial charge in [-0.3, -0.25) is 4.79 Å². The highest BCUT2D eigenvalue weighted by atomic mass is 16.4. The van der Waals surface area contributed by atoms with Crippen molar-refractivity contribution in [1.82, 2.24) is 10.3 Å². The molecule has 0 aromatic carbocycles. The predicted octanol–water partition coefficient (Wildman–Crippen LogP) is 0.365. The minimum Gasteiger partial charge on any atom is -0.446 e. The Bertz CT molecular complexity index is 289. The Hall–Kier alpha value is -1.30. The van der Waals surface area contributed by atoms with Crippen molar-refractivity contribution in [3.05, 3.63) is 18.4 Å². The molecule has 1 heterocycles. The Balaban J connectivity index is 2.65. The Morgan fingerprint density at radius 1 is 1.86 bits per heavy atom. The minimum absolute atomic E-state index is 0.172. The highest BCUT2D eigenvalue weighted by Crippen LogP contribution is 2.16. The van der Waals surface area contributed by atoms with E-state index in [1.807, 2.05) is 6.92 Å². The molecule has 1 aromatic heterocycles. The third-order valence-corrected chi connectivity index (χ3v) is 1.85. The summed E-state index contributed by atoms with van der Waals surface area (Å²) in [6, 6.07) is -0.480. The van der Waals surface area contributed by atoms with Gasteiger partial charge in [-0.15, -0.1) is 0 Å². The summed E-state index contributed by atoms with van der Waals surface area (Å²) in [5.41, 5.74) is 0. The van der Waals surface area contributed by atoms with Crippen molar-refractivity contribution in [2.45, 2.75) is 25.5 Å². The molecule has 0 aliphatic heterocycles. The average molecular weight is 194 g/mol. The lowest BCUT2D eigenvalue weighted by molar-refractivity contribution is 0.102. The maximum absolute atomic E-state index is 10.6. The minimum atomic E-state index is -0.970. The van der Waals surface area contributed by atoms with Crippen LogP contribution in [0.2, 0.25) is 0 Å². The summed E-state index contributed by atoms with van der Waals surface area (Å²) in [5, 5.41) is 12.1. The molecule has 0 aliphatic rings. The lowest BCUT2D eigenvalue weighted by Gasteiger charge is -2.19. The van der Waals surface area contributed by atoms with Crippen LogP contribution in [0.4, 0.5) is 4.79 Å². The van der Waals surface area contributed by atoms with Crippen LogP contribution in [-0.2, 0) is 0 Å². The van der Waals surface area contributed by atoms with E-state index in [9.17, 15) is 9.90 Å². The van der Waals surface area contributed by atoms with Crippen molar-refractivity contribution in [1.29, 1.82) is 0 Å². The molecule has 0 aliphatic carbocycles. The Labute approximate surface area is 82.9 Å². The number of hydrogen-bond acceptors (Lipinski definition) is 4. The zero-order chi connectivity index (χ0) is 10.6. The lowest BCUT2D eigenvalue weighted by atomic mass is 10.0. The predicted molar refractivity (Wildman–Crippen MR) is 49.8 cm³/mol. The van der Waals surface area contributed by atoms with Crippen LogP contribution in [-0.4, -0.2) is 29.8 Å². The molecule has 0 spiro atoms. The van der Waals surface area contributed by atoms with E-state index in [0.29, 0.717) is 6.42 Å². The van der Waals surface area contributed by atoms with Gasteiger partial charge >= 0.3 is 0 Å². The molecular weight excluding hydrogens is 183 g/mol. The van der Waals surface area contributed by atoms with Crippen LogP contribution in [0.15, 0.2) is 16.9 Å². The van der Waals surface area contributed by atoms with E-state index in [1.54, 1.807) is 0 Å². The maximum atomic E-state index is 10.6. The average Bonchev–Trinajstić information content (AvgIpc) is 2.65. The highest BCUT2D eigenvalue weighted by molar-refractivity contribution is 6.57. The molecule has 2 N–H and O–H groups in total. The maximum Gasteiger partial charge on any atom is 0.224 e. The molecule has 5 nitrogen and oxygen atoms in total. The molecule has 2 atom stereocenters. The van der Waals surface area contributed by atoms with Gasteiger partial charge in [0.2, 0.25) is 13.7 Å². The number of hydrogen-bond donors (Lipinski definition) is 2. The molecule has 74 valence electrons. The number of oxazole rings is 1. The van der Waals surface area contributed by atoms with E-state index >= 15 is 0 Å². The molecule has 1 rings (SSSR count). The number of nitrogens with one attached hydrogen (secondary N) is 1. The summed E-state index contributed by atoms with van der Waals surface area (Å²) in [4.78, 5) is 14.4. The Morgan fingerprint density at radius 3 is 3.00 bits per heavy atom. The molecule has 6 heteroatoms. The monoisotopic (exact) mass is 194 g/mol. The van der Waals surface area contributed by atoms with Crippen molar-refractivity contribution >= 4 is 13.7 Å². The van der Waals surface area contributed by atoms with Gasteiger partial charge < -0.3 is 14.8 Å². The van der Waals surface area contributed by atoms with Gasteiger partial charge in [0.25, 0.3) is 0 Å². The Morgan fingerprint density at radius 2 is 2.57 bits per heavy atom. The first kappa shape index (κ1) is 10.8. The van der Waals surface area contributed by atoms with E-state index in [2.05, 4.69) is 10.3 Å². The van der Waals surface area contributed by atoms with Crippen molar-refractivity contribution in [2.75, 3.05) is 0 Å². The molecule has 1 amide bonds.